The number of rotatable bonds is 8. The Bertz CT molecular complexity index is 1080. The predicted octanol–water partition coefficient (Wildman–Crippen LogP) is 4.60. The number of amides is 2. The summed E-state index contributed by atoms with van der Waals surface area (Å²) in [5.74, 6) is -0.999. The van der Waals surface area contributed by atoms with Gasteiger partial charge in [0.1, 0.15) is 6.61 Å². The number of carbonyl (C=O) groups excluding carboxylic acids is 2. The summed E-state index contributed by atoms with van der Waals surface area (Å²) in [5.41, 5.74) is 4.08. The second kappa shape index (κ2) is 9.72. The van der Waals surface area contributed by atoms with Gasteiger partial charge in [0, 0.05) is 18.4 Å². The summed E-state index contributed by atoms with van der Waals surface area (Å²) >= 11 is 0. The SMILES string of the molecule is O=C(O)CC1CCCC1NC(=O)CC1(NC(=O)OCC2c3ccccc3-c3ccccc32)CCC1. The Kier molecular flexibility index (Phi) is 6.50. The van der Waals surface area contributed by atoms with Crippen molar-refractivity contribution in [1.29, 1.82) is 0 Å². The maximum atomic E-state index is 12.8. The highest BCUT2D eigenvalue weighted by atomic mass is 16.5. The maximum Gasteiger partial charge on any atom is 0.407 e. The summed E-state index contributed by atoms with van der Waals surface area (Å²) in [5, 5.41) is 15.1. The van der Waals surface area contributed by atoms with E-state index >= 15 is 0 Å². The van der Waals surface area contributed by atoms with E-state index in [1.807, 2.05) is 24.3 Å². The molecule has 3 N–H and O–H groups in total. The number of hydrogen-bond donors (Lipinski definition) is 3. The van der Waals surface area contributed by atoms with Gasteiger partial charge in [-0.25, -0.2) is 4.79 Å². The molecule has 3 aliphatic carbocycles. The third kappa shape index (κ3) is 4.90. The maximum absolute atomic E-state index is 12.8. The first-order valence-corrected chi connectivity index (χ1v) is 12.6. The molecular formula is C28H32N2O5. The number of ether oxygens (including phenoxy) is 1. The third-order valence-corrected chi connectivity index (χ3v) is 7.96. The molecule has 184 valence electrons. The fourth-order valence-electron chi connectivity index (χ4n) is 6.06. The first-order chi connectivity index (χ1) is 16.9. The zero-order valence-corrected chi connectivity index (χ0v) is 19.8. The fourth-order valence-corrected chi connectivity index (χ4v) is 6.06. The molecule has 2 fully saturated rings. The van der Waals surface area contributed by atoms with Crippen molar-refractivity contribution in [2.45, 2.75) is 68.9 Å². The average molecular weight is 477 g/mol. The molecule has 0 heterocycles. The van der Waals surface area contributed by atoms with E-state index in [0.717, 1.165) is 49.7 Å². The molecule has 2 atom stereocenters. The molecule has 7 heteroatoms. The van der Waals surface area contributed by atoms with E-state index < -0.39 is 17.6 Å². The number of aliphatic carboxylic acids is 1. The molecule has 0 saturated heterocycles. The van der Waals surface area contributed by atoms with E-state index in [1.54, 1.807) is 0 Å². The number of nitrogens with one attached hydrogen (secondary N) is 2. The lowest BCUT2D eigenvalue weighted by atomic mass is 9.74. The van der Waals surface area contributed by atoms with Crippen LogP contribution in [-0.2, 0) is 14.3 Å². The summed E-state index contributed by atoms with van der Waals surface area (Å²) in [7, 11) is 0. The van der Waals surface area contributed by atoms with E-state index in [2.05, 4.69) is 34.9 Å². The van der Waals surface area contributed by atoms with Crippen LogP contribution in [0, 0.1) is 5.92 Å². The lowest BCUT2D eigenvalue weighted by Gasteiger charge is -2.42. The highest BCUT2D eigenvalue weighted by molar-refractivity contribution is 5.80. The van der Waals surface area contributed by atoms with Gasteiger partial charge in [-0.15, -0.1) is 0 Å². The lowest BCUT2D eigenvalue weighted by Crippen LogP contribution is -2.56. The van der Waals surface area contributed by atoms with Crippen molar-refractivity contribution in [3.63, 3.8) is 0 Å². The van der Waals surface area contributed by atoms with Gasteiger partial charge in [-0.05, 0) is 60.3 Å². The Hall–Kier alpha value is -3.35. The molecule has 0 aromatic heterocycles. The van der Waals surface area contributed by atoms with Crippen molar-refractivity contribution in [2.75, 3.05) is 6.61 Å². The summed E-state index contributed by atoms with van der Waals surface area (Å²) in [4.78, 5) is 36.7. The molecule has 35 heavy (non-hydrogen) atoms. The topological polar surface area (TPSA) is 105 Å². The van der Waals surface area contributed by atoms with Crippen LogP contribution in [0.2, 0.25) is 0 Å². The van der Waals surface area contributed by atoms with E-state index in [4.69, 9.17) is 9.84 Å². The molecule has 2 aromatic carbocycles. The minimum Gasteiger partial charge on any atom is -0.481 e. The van der Waals surface area contributed by atoms with Crippen molar-refractivity contribution in [1.82, 2.24) is 10.6 Å². The molecule has 5 rings (SSSR count). The molecule has 0 radical (unpaired) electrons. The van der Waals surface area contributed by atoms with Crippen molar-refractivity contribution < 1.29 is 24.2 Å². The molecule has 2 aromatic rings. The van der Waals surface area contributed by atoms with Gasteiger partial charge in [-0.3, -0.25) is 9.59 Å². The van der Waals surface area contributed by atoms with Gasteiger partial charge < -0.3 is 20.5 Å². The Morgan fingerprint density at radius 2 is 1.60 bits per heavy atom. The Balaban J connectivity index is 1.17. The smallest absolute Gasteiger partial charge is 0.407 e. The van der Waals surface area contributed by atoms with Crippen LogP contribution in [0.3, 0.4) is 0 Å². The van der Waals surface area contributed by atoms with Crippen LogP contribution in [0.4, 0.5) is 4.79 Å². The van der Waals surface area contributed by atoms with Crippen LogP contribution in [0.5, 0.6) is 0 Å². The molecule has 7 nitrogen and oxygen atoms in total. The summed E-state index contributed by atoms with van der Waals surface area (Å²) in [6, 6.07) is 16.3. The fraction of sp³-hybridized carbons (Fsp3) is 0.464. The summed E-state index contributed by atoms with van der Waals surface area (Å²) in [6.45, 7) is 0.237. The first-order valence-electron chi connectivity index (χ1n) is 12.6. The second-order valence-corrected chi connectivity index (χ2v) is 10.2. The van der Waals surface area contributed by atoms with Crippen LogP contribution in [-0.4, -0.2) is 41.3 Å². The number of carboxylic acid groups (broad SMARTS) is 1. The third-order valence-electron chi connectivity index (χ3n) is 7.96. The van der Waals surface area contributed by atoms with E-state index in [9.17, 15) is 14.4 Å². The number of carbonyl (C=O) groups is 3. The summed E-state index contributed by atoms with van der Waals surface area (Å²) < 4.78 is 5.70. The van der Waals surface area contributed by atoms with Crippen LogP contribution in [0.15, 0.2) is 48.5 Å². The van der Waals surface area contributed by atoms with Gasteiger partial charge in [0.25, 0.3) is 0 Å². The number of benzene rings is 2. The van der Waals surface area contributed by atoms with Crippen molar-refractivity contribution in [2.24, 2.45) is 5.92 Å². The molecule has 0 aliphatic heterocycles. The van der Waals surface area contributed by atoms with Gasteiger partial charge in [0.2, 0.25) is 5.91 Å². The Morgan fingerprint density at radius 3 is 2.20 bits per heavy atom. The van der Waals surface area contributed by atoms with E-state index in [0.29, 0.717) is 0 Å². The molecule has 2 unspecified atom stereocenters. The molecule has 0 bridgehead atoms. The normalized spacial score (nSPS) is 21.9. The van der Waals surface area contributed by atoms with Crippen LogP contribution < -0.4 is 10.6 Å². The number of carboxylic acids is 1. The Morgan fingerprint density at radius 1 is 0.943 bits per heavy atom. The van der Waals surface area contributed by atoms with Crippen molar-refractivity contribution >= 4 is 18.0 Å². The molecule has 2 amide bonds. The minimum absolute atomic E-state index is 0.0117. The van der Waals surface area contributed by atoms with Gasteiger partial charge in [0.15, 0.2) is 0 Å². The van der Waals surface area contributed by atoms with E-state index in [1.165, 1.54) is 11.1 Å². The van der Waals surface area contributed by atoms with Crippen LogP contribution in [0.25, 0.3) is 11.1 Å². The van der Waals surface area contributed by atoms with Gasteiger partial charge in [-0.1, -0.05) is 55.0 Å². The van der Waals surface area contributed by atoms with Crippen molar-refractivity contribution in [3.05, 3.63) is 59.7 Å². The molecule has 0 spiro atoms. The zero-order valence-electron chi connectivity index (χ0n) is 19.8. The van der Waals surface area contributed by atoms with Crippen molar-refractivity contribution in [3.8, 4) is 11.1 Å². The van der Waals surface area contributed by atoms with Crippen LogP contribution in [0.1, 0.15) is 68.4 Å². The van der Waals surface area contributed by atoms with Gasteiger partial charge in [0.05, 0.1) is 12.0 Å². The molecular weight excluding hydrogens is 444 g/mol. The number of fused-ring (bicyclic) bond motifs is 3. The molecule has 2 saturated carbocycles. The number of alkyl carbamates (subject to hydrolysis) is 1. The van der Waals surface area contributed by atoms with Gasteiger partial charge in [-0.2, -0.15) is 0 Å². The zero-order chi connectivity index (χ0) is 24.4. The Labute approximate surface area is 205 Å². The van der Waals surface area contributed by atoms with Gasteiger partial charge >= 0.3 is 12.1 Å². The monoisotopic (exact) mass is 476 g/mol. The highest BCUT2D eigenvalue weighted by Crippen LogP contribution is 2.44. The minimum atomic E-state index is -0.830. The predicted molar refractivity (Wildman–Crippen MR) is 131 cm³/mol. The van der Waals surface area contributed by atoms with E-state index in [-0.39, 0.29) is 43.2 Å². The highest BCUT2D eigenvalue weighted by Gasteiger charge is 2.42. The molecule has 3 aliphatic rings. The summed E-state index contributed by atoms with van der Waals surface area (Å²) in [6.07, 6.45) is 4.72. The average Bonchev–Trinajstić information content (AvgIpc) is 3.37. The largest absolute Gasteiger partial charge is 0.481 e. The van der Waals surface area contributed by atoms with Crippen LogP contribution >= 0.6 is 0 Å². The quantitative estimate of drug-likeness (QED) is 0.517. The standard InChI is InChI=1S/C28H32N2O5/c31-25(29-24-12-5-7-18(24)15-26(32)33)16-28(13-6-14-28)30-27(34)35-17-23-21-10-3-1-8-19(21)20-9-2-4-11-22(20)23/h1-4,8-11,18,23-24H,5-7,12-17H2,(H,29,31)(H,30,34)(H,32,33). The first kappa shape index (κ1) is 23.4. The number of hydrogen-bond acceptors (Lipinski definition) is 4. The lowest BCUT2D eigenvalue weighted by molar-refractivity contribution is -0.138. The second-order valence-electron chi connectivity index (χ2n) is 10.2.